The third-order valence-electron chi connectivity index (χ3n) is 5.18. The second-order valence-corrected chi connectivity index (χ2v) is 6.92. The molecule has 2 heteroatoms. The van der Waals surface area contributed by atoms with Gasteiger partial charge in [-0.3, -0.25) is 0 Å². The van der Waals surface area contributed by atoms with E-state index in [-0.39, 0.29) is 0 Å². The van der Waals surface area contributed by atoms with Gasteiger partial charge in [0.25, 0.3) is 0 Å². The van der Waals surface area contributed by atoms with Crippen LogP contribution in [-0.4, -0.2) is 4.57 Å². The van der Waals surface area contributed by atoms with Gasteiger partial charge in [-0.1, -0.05) is 50.2 Å². The first-order chi connectivity index (χ1) is 11.6. The summed E-state index contributed by atoms with van der Waals surface area (Å²) < 4.78 is 8.57. The zero-order chi connectivity index (χ0) is 16.4. The maximum absolute atomic E-state index is 6.30. The van der Waals surface area contributed by atoms with Crippen LogP contribution in [0.1, 0.15) is 25.3 Å². The van der Waals surface area contributed by atoms with Gasteiger partial charge >= 0.3 is 0 Å². The van der Waals surface area contributed by atoms with Crippen LogP contribution < -0.4 is 0 Å². The van der Waals surface area contributed by atoms with Crippen LogP contribution >= 0.6 is 0 Å². The minimum atomic E-state index is 0.449. The highest BCUT2D eigenvalue weighted by atomic mass is 16.3. The lowest BCUT2D eigenvalue weighted by Crippen LogP contribution is -1.86. The van der Waals surface area contributed by atoms with Crippen molar-refractivity contribution in [3.05, 3.63) is 60.2 Å². The van der Waals surface area contributed by atoms with E-state index in [9.17, 15) is 0 Å². The third kappa shape index (κ3) is 1.66. The van der Waals surface area contributed by atoms with Gasteiger partial charge in [0.15, 0.2) is 0 Å². The van der Waals surface area contributed by atoms with Crippen molar-refractivity contribution < 1.29 is 4.42 Å². The van der Waals surface area contributed by atoms with Crippen molar-refractivity contribution in [2.24, 2.45) is 7.05 Å². The van der Waals surface area contributed by atoms with Crippen molar-refractivity contribution in [3.63, 3.8) is 0 Å². The van der Waals surface area contributed by atoms with E-state index in [2.05, 4.69) is 80.1 Å². The molecule has 2 aromatic heterocycles. The number of para-hydroxylation sites is 2. The molecule has 0 aliphatic heterocycles. The molecule has 24 heavy (non-hydrogen) atoms. The SMILES string of the molecule is CC(C)c1cccc2c1oc1cc3c4ccccc4n(C)c3cc12. The monoisotopic (exact) mass is 313 g/mol. The highest BCUT2D eigenvalue weighted by Gasteiger charge is 2.16. The van der Waals surface area contributed by atoms with Gasteiger partial charge in [0, 0.05) is 39.6 Å². The molecule has 0 spiro atoms. The van der Waals surface area contributed by atoms with E-state index in [1.807, 2.05) is 0 Å². The van der Waals surface area contributed by atoms with Crippen molar-refractivity contribution >= 4 is 43.7 Å². The number of aromatic nitrogens is 1. The summed E-state index contributed by atoms with van der Waals surface area (Å²) in [7, 11) is 2.14. The van der Waals surface area contributed by atoms with Crippen LogP contribution in [0.15, 0.2) is 59.0 Å². The van der Waals surface area contributed by atoms with Gasteiger partial charge in [-0.05, 0) is 29.7 Å². The fourth-order valence-corrected chi connectivity index (χ4v) is 3.93. The van der Waals surface area contributed by atoms with E-state index in [1.165, 1.54) is 38.1 Å². The van der Waals surface area contributed by atoms with Crippen molar-refractivity contribution in [2.75, 3.05) is 0 Å². The Morgan fingerprint density at radius 1 is 0.792 bits per heavy atom. The van der Waals surface area contributed by atoms with E-state index in [0.29, 0.717) is 5.92 Å². The van der Waals surface area contributed by atoms with Gasteiger partial charge in [0.05, 0.1) is 0 Å². The molecule has 0 saturated carbocycles. The molecular formula is C22H19NO. The maximum Gasteiger partial charge on any atom is 0.138 e. The fraction of sp³-hybridized carbons (Fsp3) is 0.182. The molecular weight excluding hydrogens is 294 g/mol. The number of furan rings is 1. The summed E-state index contributed by atoms with van der Waals surface area (Å²) in [5.41, 5.74) is 5.79. The Labute approximate surface area is 140 Å². The molecule has 0 fully saturated rings. The molecule has 0 amide bonds. The van der Waals surface area contributed by atoms with Crippen LogP contribution in [0.3, 0.4) is 0 Å². The fourth-order valence-electron chi connectivity index (χ4n) is 3.93. The molecule has 0 bridgehead atoms. The minimum absolute atomic E-state index is 0.449. The average molecular weight is 313 g/mol. The second kappa shape index (κ2) is 4.64. The largest absolute Gasteiger partial charge is 0.456 e. The number of rotatable bonds is 1. The van der Waals surface area contributed by atoms with Crippen LogP contribution in [-0.2, 0) is 7.05 Å². The number of fused-ring (bicyclic) bond motifs is 6. The molecule has 3 aromatic carbocycles. The summed E-state index contributed by atoms with van der Waals surface area (Å²) in [6.45, 7) is 4.43. The summed E-state index contributed by atoms with van der Waals surface area (Å²) in [5, 5.41) is 4.95. The standard InChI is InChI=1S/C22H19NO/c1-13(2)14-8-6-9-16-18-11-20-17(12-21(18)24-22(14)16)15-7-4-5-10-19(15)23(20)3/h4-13H,1-3H3. The molecule has 0 N–H and O–H groups in total. The summed E-state index contributed by atoms with van der Waals surface area (Å²) in [6, 6.07) is 19.5. The molecule has 0 unspecified atom stereocenters. The molecule has 0 aliphatic carbocycles. The summed E-state index contributed by atoms with van der Waals surface area (Å²) >= 11 is 0. The molecule has 5 rings (SSSR count). The van der Waals surface area contributed by atoms with E-state index in [0.717, 1.165) is 11.2 Å². The second-order valence-electron chi connectivity index (χ2n) is 6.92. The van der Waals surface area contributed by atoms with Gasteiger partial charge in [0.2, 0.25) is 0 Å². The first kappa shape index (κ1) is 13.7. The topological polar surface area (TPSA) is 18.1 Å². The predicted molar refractivity (Wildman–Crippen MR) is 102 cm³/mol. The summed E-state index contributed by atoms with van der Waals surface area (Å²) in [4.78, 5) is 0. The number of aryl methyl sites for hydroxylation is 1. The Bertz CT molecular complexity index is 1240. The normalized spacial score (nSPS) is 12.3. The first-order valence-electron chi connectivity index (χ1n) is 8.47. The minimum Gasteiger partial charge on any atom is -0.456 e. The Morgan fingerprint density at radius 3 is 2.42 bits per heavy atom. The Balaban J connectivity index is 1.99. The van der Waals surface area contributed by atoms with Crippen LogP contribution in [0.2, 0.25) is 0 Å². The zero-order valence-electron chi connectivity index (χ0n) is 14.1. The van der Waals surface area contributed by atoms with Crippen molar-refractivity contribution in [1.29, 1.82) is 0 Å². The molecule has 118 valence electrons. The van der Waals surface area contributed by atoms with E-state index in [1.54, 1.807) is 0 Å². The Morgan fingerprint density at radius 2 is 1.58 bits per heavy atom. The van der Waals surface area contributed by atoms with Crippen LogP contribution in [0.5, 0.6) is 0 Å². The smallest absolute Gasteiger partial charge is 0.138 e. The maximum atomic E-state index is 6.30. The average Bonchev–Trinajstić information content (AvgIpc) is 3.09. The molecule has 2 nitrogen and oxygen atoms in total. The van der Waals surface area contributed by atoms with Gasteiger partial charge in [0.1, 0.15) is 11.2 Å². The molecule has 0 saturated heterocycles. The lowest BCUT2D eigenvalue weighted by Gasteiger charge is -2.04. The number of hydrogen-bond acceptors (Lipinski definition) is 1. The Kier molecular flexibility index (Phi) is 2.64. The summed E-state index contributed by atoms with van der Waals surface area (Å²) in [5.74, 6) is 0.449. The van der Waals surface area contributed by atoms with Crippen LogP contribution in [0, 0.1) is 0 Å². The molecule has 0 atom stereocenters. The van der Waals surface area contributed by atoms with Crippen molar-refractivity contribution in [3.8, 4) is 0 Å². The van der Waals surface area contributed by atoms with Crippen LogP contribution in [0.4, 0.5) is 0 Å². The van der Waals surface area contributed by atoms with Crippen LogP contribution in [0.25, 0.3) is 43.7 Å². The number of hydrogen-bond donors (Lipinski definition) is 0. The molecule has 2 heterocycles. The first-order valence-corrected chi connectivity index (χ1v) is 8.47. The zero-order valence-corrected chi connectivity index (χ0v) is 14.1. The molecule has 5 aromatic rings. The molecule has 0 aliphatic rings. The van der Waals surface area contributed by atoms with Crippen molar-refractivity contribution in [1.82, 2.24) is 4.57 Å². The van der Waals surface area contributed by atoms with Gasteiger partial charge < -0.3 is 8.98 Å². The van der Waals surface area contributed by atoms with E-state index in [4.69, 9.17) is 4.42 Å². The highest BCUT2D eigenvalue weighted by molar-refractivity contribution is 6.16. The molecule has 0 radical (unpaired) electrons. The van der Waals surface area contributed by atoms with Gasteiger partial charge in [-0.15, -0.1) is 0 Å². The van der Waals surface area contributed by atoms with E-state index >= 15 is 0 Å². The number of benzene rings is 3. The predicted octanol–water partition coefficient (Wildman–Crippen LogP) is 6.35. The highest BCUT2D eigenvalue weighted by Crippen LogP contribution is 2.38. The summed E-state index contributed by atoms with van der Waals surface area (Å²) in [6.07, 6.45) is 0. The lowest BCUT2D eigenvalue weighted by molar-refractivity contribution is 0.657. The van der Waals surface area contributed by atoms with Crippen molar-refractivity contribution in [2.45, 2.75) is 19.8 Å². The van der Waals surface area contributed by atoms with E-state index < -0.39 is 0 Å². The van der Waals surface area contributed by atoms with Gasteiger partial charge in [-0.25, -0.2) is 0 Å². The number of nitrogens with zero attached hydrogens (tertiary/aromatic N) is 1. The lowest BCUT2D eigenvalue weighted by atomic mass is 10.00. The Hall–Kier alpha value is -2.74. The van der Waals surface area contributed by atoms with Gasteiger partial charge in [-0.2, -0.15) is 0 Å². The quantitative estimate of drug-likeness (QED) is 0.352. The third-order valence-corrected chi connectivity index (χ3v) is 5.18.